The Morgan fingerprint density at radius 1 is 0.867 bits per heavy atom. The van der Waals surface area contributed by atoms with Crippen LogP contribution in [0, 0.1) is 11.3 Å². The van der Waals surface area contributed by atoms with E-state index in [9.17, 15) is 0 Å². The number of hydrogen-bond acceptors (Lipinski definition) is 1. The summed E-state index contributed by atoms with van der Waals surface area (Å²) in [5.74, 6) is 0. The van der Waals surface area contributed by atoms with Crippen LogP contribution in [0.3, 0.4) is 0 Å². The molecule has 0 aliphatic heterocycles. The van der Waals surface area contributed by atoms with Crippen molar-refractivity contribution in [1.29, 1.82) is 5.26 Å². The normalized spacial score (nSPS) is 9.53. The lowest BCUT2D eigenvalue weighted by Gasteiger charge is -2.05. The van der Waals surface area contributed by atoms with Gasteiger partial charge in [-0.05, 0) is 16.7 Å². The quantitative estimate of drug-likeness (QED) is 0.716. The first-order valence-corrected chi connectivity index (χ1v) is 4.92. The number of nitrogens with zero attached hydrogens (tertiary/aromatic N) is 1. The van der Waals surface area contributed by atoms with Crippen LogP contribution in [-0.4, -0.2) is 0 Å². The highest BCUT2D eigenvalue weighted by Gasteiger charge is 2.02. The lowest BCUT2D eigenvalue weighted by molar-refractivity contribution is 1.26. The van der Waals surface area contributed by atoms with Crippen LogP contribution in [0.5, 0.6) is 0 Å². The van der Waals surface area contributed by atoms with Crippen LogP contribution in [0.15, 0.2) is 54.6 Å². The molecule has 0 radical (unpaired) electrons. The van der Waals surface area contributed by atoms with E-state index in [0.29, 0.717) is 6.42 Å². The summed E-state index contributed by atoms with van der Waals surface area (Å²) in [7, 11) is 0. The monoisotopic (exact) mass is 193 g/mol. The van der Waals surface area contributed by atoms with Gasteiger partial charge in [0.05, 0.1) is 12.5 Å². The average molecular weight is 193 g/mol. The molecule has 0 saturated heterocycles. The highest BCUT2D eigenvalue weighted by Crippen LogP contribution is 2.23. The minimum atomic E-state index is 0.463. The van der Waals surface area contributed by atoms with Gasteiger partial charge in [-0.2, -0.15) is 5.26 Å². The van der Waals surface area contributed by atoms with Crippen molar-refractivity contribution in [3.8, 4) is 17.2 Å². The Labute approximate surface area is 89.6 Å². The topological polar surface area (TPSA) is 23.8 Å². The Morgan fingerprint density at radius 2 is 1.53 bits per heavy atom. The van der Waals surface area contributed by atoms with E-state index in [1.807, 2.05) is 36.4 Å². The first kappa shape index (κ1) is 9.48. The highest BCUT2D eigenvalue weighted by atomic mass is 14.2. The number of benzene rings is 2. The molecule has 1 nitrogen and oxygen atoms in total. The third kappa shape index (κ3) is 2.05. The average Bonchev–Trinajstić information content (AvgIpc) is 2.31. The molecule has 0 spiro atoms. The molecule has 0 atom stereocenters. The Balaban J connectivity index is 2.49. The maximum absolute atomic E-state index is 8.74. The highest BCUT2D eigenvalue weighted by molar-refractivity contribution is 5.67. The molecule has 15 heavy (non-hydrogen) atoms. The minimum Gasteiger partial charge on any atom is -0.198 e. The lowest BCUT2D eigenvalue weighted by Crippen LogP contribution is -1.87. The lowest BCUT2D eigenvalue weighted by atomic mass is 9.98. The van der Waals surface area contributed by atoms with Gasteiger partial charge in [0.1, 0.15) is 0 Å². The van der Waals surface area contributed by atoms with Crippen LogP contribution in [-0.2, 0) is 6.42 Å². The molecule has 0 fully saturated rings. The molecule has 0 amide bonds. The van der Waals surface area contributed by atoms with Gasteiger partial charge in [-0.15, -0.1) is 0 Å². The van der Waals surface area contributed by atoms with Gasteiger partial charge in [-0.25, -0.2) is 0 Å². The number of rotatable bonds is 2. The Hall–Kier alpha value is -2.07. The maximum Gasteiger partial charge on any atom is 0.0669 e. The molecule has 0 saturated carbocycles. The van der Waals surface area contributed by atoms with Crippen LogP contribution in [0.4, 0.5) is 0 Å². The third-order valence-corrected chi connectivity index (χ3v) is 2.37. The number of hydrogen-bond donors (Lipinski definition) is 0. The van der Waals surface area contributed by atoms with E-state index in [0.717, 1.165) is 11.1 Å². The van der Waals surface area contributed by atoms with Gasteiger partial charge in [0.25, 0.3) is 0 Å². The van der Waals surface area contributed by atoms with E-state index in [1.165, 1.54) is 5.56 Å². The standard InChI is InChI=1S/C14H11N/c15-11-10-13-8-4-5-9-14(13)12-6-2-1-3-7-12/h1-9H,10H2. The summed E-state index contributed by atoms with van der Waals surface area (Å²) in [4.78, 5) is 0. The molecule has 0 aliphatic carbocycles. The second-order valence-corrected chi connectivity index (χ2v) is 3.36. The van der Waals surface area contributed by atoms with E-state index >= 15 is 0 Å². The first-order chi connectivity index (χ1) is 7.42. The van der Waals surface area contributed by atoms with Gasteiger partial charge in [0.2, 0.25) is 0 Å². The van der Waals surface area contributed by atoms with Crippen molar-refractivity contribution in [3.05, 3.63) is 60.2 Å². The zero-order chi connectivity index (χ0) is 10.5. The molecule has 2 aromatic rings. The van der Waals surface area contributed by atoms with E-state index in [1.54, 1.807) is 0 Å². The second-order valence-electron chi connectivity index (χ2n) is 3.36. The van der Waals surface area contributed by atoms with Crippen molar-refractivity contribution in [2.45, 2.75) is 6.42 Å². The van der Waals surface area contributed by atoms with Crippen LogP contribution in [0.1, 0.15) is 5.56 Å². The van der Waals surface area contributed by atoms with E-state index in [4.69, 9.17) is 5.26 Å². The van der Waals surface area contributed by atoms with Crippen molar-refractivity contribution >= 4 is 0 Å². The summed E-state index contributed by atoms with van der Waals surface area (Å²) in [6, 6.07) is 20.4. The molecular weight excluding hydrogens is 182 g/mol. The fourth-order valence-corrected chi connectivity index (χ4v) is 1.66. The van der Waals surface area contributed by atoms with E-state index in [-0.39, 0.29) is 0 Å². The van der Waals surface area contributed by atoms with Crippen molar-refractivity contribution in [2.75, 3.05) is 0 Å². The molecule has 0 bridgehead atoms. The summed E-state index contributed by atoms with van der Waals surface area (Å²) < 4.78 is 0. The zero-order valence-corrected chi connectivity index (χ0v) is 8.35. The van der Waals surface area contributed by atoms with Gasteiger partial charge in [0, 0.05) is 0 Å². The summed E-state index contributed by atoms with van der Waals surface area (Å²) in [5.41, 5.74) is 3.41. The first-order valence-electron chi connectivity index (χ1n) is 4.92. The Bertz CT molecular complexity index is 480. The molecule has 72 valence electrons. The van der Waals surface area contributed by atoms with Gasteiger partial charge in [-0.3, -0.25) is 0 Å². The van der Waals surface area contributed by atoms with E-state index < -0.39 is 0 Å². The zero-order valence-electron chi connectivity index (χ0n) is 8.35. The van der Waals surface area contributed by atoms with Gasteiger partial charge >= 0.3 is 0 Å². The molecule has 0 aliphatic rings. The van der Waals surface area contributed by atoms with Crippen LogP contribution < -0.4 is 0 Å². The van der Waals surface area contributed by atoms with Crippen molar-refractivity contribution in [2.24, 2.45) is 0 Å². The maximum atomic E-state index is 8.74. The van der Waals surface area contributed by atoms with Gasteiger partial charge in [0.15, 0.2) is 0 Å². The molecule has 0 N–H and O–H groups in total. The molecule has 0 unspecified atom stereocenters. The smallest absolute Gasteiger partial charge is 0.0669 e. The summed E-state index contributed by atoms with van der Waals surface area (Å²) in [5, 5.41) is 8.74. The molecule has 0 aromatic heterocycles. The van der Waals surface area contributed by atoms with Crippen LogP contribution >= 0.6 is 0 Å². The minimum absolute atomic E-state index is 0.463. The van der Waals surface area contributed by atoms with Crippen molar-refractivity contribution in [1.82, 2.24) is 0 Å². The fraction of sp³-hybridized carbons (Fsp3) is 0.0714. The predicted molar refractivity (Wildman–Crippen MR) is 61.2 cm³/mol. The summed E-state index contributed by atoms with van der Waals surface area (Å²) in [6.45, 7) is 0. The van der Waals surface area contributed by atoms with Crippen LogP contribution in [0.25, 0.3) is 11.1 Å². The van der Waals surface area contributed by atoms with Crippen molar-refractivity contribution < 1.29 is 0 Å². The fourth-order valence-electron chi connectivity index (χ4n) is 1.66. The Kier molecular flexibility index (Phi) is 2.80. The summed E-state index contributed by atoms with van der Waals surface area (Å²) in [6.07, 6.45) is 0.463. The number of nitriles is 1. The molecular formula is C14H11N. The van der Waals surface area contributed by atoms with Gasteiger partial charge < -0.3 is 0 Å². The second kappa shape index (κ2) is 4.43. The van der Waals surface area contributed by atoms with Crippen molar-refractivity contribution in [3.63, 3.8) is 0 Å². The van der Waals surface area contributed by atoms with Gasteiger partial charge in [-0.1, -0.05) is 54.6 Å². The third-order valence-electron chi connectivity index (χ3n) is 2.37. The Morgan fingerprint density at radius 3 is 2.27 bits per heavy atom. The molecule has 0 heterocycles. The predicted octanol–water partition coefficient (Wildman–Crippen LogP) is 3.42. The molecule has 1 heteroatoms. The van der Waals surface area contributed by atoms with Crippen LogP contribution in [0.2, 0.25) is 0 Å². The SMILES string of the molecule is N#CCc1ccccc1-c1ccccc1. The largest absolute Gasteiger partial charge is 0.198 e. The molecule has 2 aromatic carbocycles. The van der Waals surface area contributed by atoms with E-state index in [2.05, 4.69) is 24.3 Å². The summed E-state index contributed by atoms with van der Waals surface area (Å²) >= 11 is 0. The molecule has 2 rings (SSSR count).